The highest BCUT2D eigenvalue weighted by Gasteiger charge is 2.20. The van der Waals surface area contributed by atoms with Gasteiger partial charge in [-0.2, -0.15) is 0 Å². The van der Waals surface area contributed by atoms with Gasteiger partial charge in [0.15, 0.2) is 0 Å². The SMILES string of the molecule is C=CCCCCCN(CCC)C1CCNC1. The predicted molar refractivity (Wildman–Crippen MR) is 71.8 cm³/mol. The molecule has 0 aromatic carbocycles. The number of hydrogen-bond donors (Lipinski definition) is 1. The average Bonchev–Trinajstić information content (AvgIpc) is 2.81. The number of hydrogen-bond acceptors (Lipinski definition) is 2. The molecule has 0 aromatic heterocycles. The van der Waals surface area contributed by atoms with Gasteiger partial charge in [0.05, 0.1) is 0 Å². The van der Waals surface area contributed by atoms with Crippen molar-refractivity contribution in [3.63, 3.8) is 0 Å². The third kappa shape index (κ3) is 5.13. The summed E-state index contributed by atoms with van der Waals surface area (Å²) in [6.45, 7) is 11.0. The van der Waals surface area contributed by atoms with Crippen molar-refractivity contribution in [1.82, 2.24) is 10.2 Å². The van der Waals surface area contributed by atoms with E-state index < -0.39 is 0 Å². The highest BCUT2D eigenvalue weighted by molar-refractivity contribution is 4.80. The molecule has 0 aromatic rings. The zero-order valence-corrected chi connectivity index (χ0v) is 10.9. The largest absolute Gasteiger partial charge is 0.315 e. The van der Waals surface area contributed by atoms with Crippen molar-refractivity contribution in [1.29, 1.82) is 0 Å². The summed E-state index contributed by atoms with van der Waals surface area (Å²) in [5, 5.41) is 3.47. The van der Waals surface area contributed by atoms with E-state index in [1.165, 1.54) is 64.7 Å². The maximum Gasteiger partial charge on any atom is 0.0232 e. The zero-order valence-electron chi connectivity index (χ0n) is 10.9. The number of rotatable bonds is 9. The van der Waals surface area contributed by atoms with Gasteiger partial charge < -0.3 is 5.32 Å². The molecule has 0 amide bonds. The van der Waals surface area contributed by atoms with E-state index in [4.69, 9.17) is 0 Å². The molecule has 16 heavy (non-hydrogen) atoms. The van der Waals surface area contributed by atoms with Crippen LogP contribution in [0.1, 0.15) is 45.4 Å². The van der Waals surface area contributed by atoms with Crippen molar-refractivity contribution in [3.8, 4) is 0 Å². The summed E-state index contributed by atoms with van der Waals surface area (Å²) < 4.78 is 0. The van der Waals surface area contributed by atoms with Gasteiger partial charge in [-0.05, 0) is 51.7 Å². The molecule has 1 heterocycles. The molecule has 1 aliphatic rings. The first kappa shape index (κ1) is 13.7. The Balaban J connectivity index is 2.14. The molecule has 0 spiro atoms. The summed E-state index contributed by atoms with van der Waals surface area (Å²) in [4.78, 5) is 2.69. The monoisotopic (exact) mass is 224 g/mol. The summed E-state index contributed by atoms with van der Waals surface area (Å²) in [7, 11) is 0. The molecule has 1 saturated heterocycles. The topological polar surface area (TPSA) is 15.3 Å². The van der Waals surface area contributed by atoms with Gasteiger partial charge in [0.25, 0.3) is 0 Å². The second-order valence-corrected chi connectivity index (χ2v) is 4.82. The van der Waals surface area contributed by atoms with Crippen LogP contribution in [-0.2, 0) is 0 Å². The Kier molecular flexibility index (Phi) is 7.52. The fraction of sp³-hybridized carbons (Fsp3) is 0.857. The Morgan fingerprint density at radius 2 is 2.19 bits per heavy atom. The van der Waals surface area contributed by atoms with E-state index in [-0.39, 0.29) is 0 Å². The van der Waals surface area contributed by atoms with Gasteiger partial charge in [-0.15, -0.1) is 6.58 Å². The molecule has 0 saturated carbocycles. The number of nitrogens with zero attached hydrogens (tertiary/aromatic N) is 1. The summed E-state index contributed by atoms with van der Waals surface area (Å²) in [6.07, 6.45) is 9.85. The van der Waals surface area contributed by atoms with Crippen LogP contribution in [0.25, 0.3) is 0 Å². The van der Waals surface area contributed by atoms with Crippen LogP contribution >= 0.6 is 0 Å². The van der Waals surface area contributed by atoms with Crippen molar-refractivity contribution in [3.05, 3.63) is 12.7 Å². The van der Waals surface area contributed by atoms with E-state index in [0.29, 0.717) is 0 Å². The van der Waals surface area contributed by atoms with Gasteiger partial charge in [0.1, 0.15) is 0 Å². The molecule has 1 aliphatic heterocycles. The van der Waals surface area contributed by atoms with E-state index in [2.05, 4.69) is 23.7 Å². The fourth-order valence-electron chi connectivity index (χ4n) is 2.50. The summed E-state index contributed by atoms with van der Waals surface area (Å²) >= 11 is 0. The minimum absolute atomic E-state index is 0.805. The number of allylic oxidation sites excluding steroid dienone is 1. The second kappa shape index (κ2) is 8.77. The maximum atomic E-state index is 3.77. The molecular formula is C14H28N2. The highest BCUT2D eigenvalue weighted by atomic mass is 15.2. The van der Waals surface area contributed by atoms with Crippen molar-refractivity contribution >= 4 is 0 Å². The Morgan fingerprint density at radius 3 is 2.81 bits per heavy atom. The minimum atomic E-state index is 0.805. The lowest BCUT2D eigenvalue weighted by Gasteiger charge is -2.27. The summed E-state index contributed by atoms with van der Waals surface area (Å²) in [5.41, 5.74) is 0. The molecule has 1 N–H and O–H groups in total. The summed E-state index contributed by atoms with van der Waals surface area (Å²) in [5.74, 6) is 0. The normalized spacial score (nSPS) is 20.5. The molecule has 94 valence electrons. The second-order valence-electron chi connectivity index (χ2n) is 4.82. The lowest BCUT2D eigenvalue weighted by Crippen LogP contribution is -2.38. The van der Waals surface area contributed by atoms with Crippen LogP contribution < -0.4 is 5.32 Å². The van der Waals surface area contributed by atoms with Crippen LogP contribution in [0.15, 0.2) is 12.7 Å². The van der Waals surface area contributed by atoms with Crippen LogP contribution in [0.2, 0.25) is 0 Å². The minimum Gasteiger partial charge on any atom is -0.315 e. The molecule has 0 aliphatic carbocycles. The summed E-state index contributed by atoms with van der Waals surface area (Å²) in [6, 6.07) is 0.805. The molecule has 0 bridgehead atoms. The van der Waals surface area contributed by atoms with Crippen molar-refractivity contribution in [2.24, 2.45) is 0 Å². The first-order chi connectivity index (χ1) is 7.88. The number of unbranched alkanes of at least 4 members (excludes halogenated alkanes) is 3. The Bertz CT molecular complexity index is 174. The average molecular weight is 224 g/mol. The maximum absolute atomic E-state index is 3.77. The van der Waals surface area contributed by atoms with Gasteiger partial charge in [0, 0.05) is 12.6 Å². The van der Waals surface area contributed by atoms with Crippen molar-refractivity contribution < 1.29 is 0 Å². The van der Waals surface area contributed by atoms with E-state index in [0.717, 1.165) is 6.04 Å². The van der Waals surface area contributed by atoms with Crippen LogP contribution in [0.3, 0.4) is 0 Å². The first-order valence-corrected chi connectivity index (χ1v) is 6.94. The quantitative estimate of drug-likeness (QED) is 0.478. The van der Waals surface area contributed by atoms with Crippen molar-refractivity contribution in [2.45, 2.75) is 51.5 Å². The molecule has 1 rings (SSSR count). The molecular weight excluding hydrogens is 196 g/mol. The predicted octanol–water partition coefficient (Wildman–Crippen LogP) is 2.81. The lowest BCUT2D eigenvalue weighted by molar-refractivity contribution is 0.204. The highest BCUT2D eigenvalue weighted by Crippen LogP contribution is 2.11. The zero-order chi connectivity index (χ0) is 11.6. The standard InChI is InChI=1S/C14H28N2/c1-3-5-6-7-8-12-16(11-4-2)14-9-10-15-13-14/h3,14-15H,1,4-13H2,2H3. The van der Waals surface area contributed by atoms with Gasteiger partial charge >= 0.3 is 0 Å². The molecule has 2 nitrogen and oxygen atoms in total. The van der Waals surface area contributed by atoms with Crippen LogP contribution in [-0.4, -0.2) is 37.1 Å². The van der Waals surface area contributed by atoms with Crippen LogP contribution in [0.4, 0.5) is 0 Å². The molecule has 1 fully saturated rings. The Hall–Kier alpha value is -0.340. The third-order valence-corrected chi connectivity index (χ3v) is 3.42. The Labute approximate surface area is 101 Å². The van der Waals surface area contributed by atoms with Gasteiger partial charge in [-0.25, -0.2) is 0 Å². The van der Waals surface area contributed by atoms with E-state index >= 15 is 0 Å². The Morgan fingerprint density at radius 1 is 1.31 bits per heavy atom. The lowest BCUT2D eigenvalue weighted by atomic mass is 10.1. The molecule has 1 unspecified atom stereocenters. The van der Waals surface area contributed by atoms with Crippen LogP contribution in [0, 0.1) is 0 Å². The van der Waals surface area contributed by atoms with Gasteiger partial charge in [-0.3, -0.25) is 4.90 Å². The fourth-order valence-corrected chi connectivity index (χ4v) is 2.50. The van der Waals surface area contributed by atoms with E-state index in [1.807, 2.05) is 6.08 Å². The molecule has 2 heteroatoms. The van der Waals surface area contributed by atoms with Gasteiger partial charge in [0.2, 0.25) is 0 Å². The number of nitrogens with one attached hydrogen (secondary N) is 1. The smallest absolute Gasteiger partial charge is 0.0232 e. The van der Waals surface area contributed by atoms with Crippen LogP contribution in [0.5, 0.6) is 0 Å². The van der Waals surface area contributed by atoms with E-state index in [1.54, 1.807) is 0 Å². The molecule has 0 radical (unpaired) electrons. The molecule has 1 atom stereocenters. The van der Waals surface area contributed by atoms with E-state index in [9.17, 15) is 0 Å². The first-order valence-electron chi connectivity index (χ1n) is 6.94. The van der Waals surface area contributed by atoms with Crippen molar-refractivity contribution in [2.75, 3.05) is 26.2 Å². The van der Waals surface area contributed by atoms with Gasteiger partial charge in [-0.1, -0.05) is 19.4 Å². The third-order valence-electron chi connectivity index (χ3n) is 3.42.